The van der Waals surface area contributed by atoms with Crippen LogP contribution < -0.4 is 10.1 Å². The van der Waals surface area contributed by atoms with E-state index in [9.17, 15) is 15.3 Å². The minimum absolute atomic E-state index is 0.0406. The summed E-state index contributed by atoms with van der Waals surface area (Å²) in [5, 5.41) is 31.2. The van der Waals surface area contributed by atoms with E-state index in [1.165, 1.54) is 0 Å². The van der Waals surface area contributed by atoms with Crippen molar-refractivity contribution < 1.29 is 20.1 Å². The van der Waals surface area contributed by atoms with Gasteiger partial charge in [-0.3, -0.25) is 0 Å². The predicted molar refractivity (Wildman–Crippen MR) is 73.4 cm³/mol. The molecule has 1 aliphatic rings. The number of aliphatic hydroxyl groups excluding tert-OH is 3. The molecule has 2 rings (SSSR count). The third-order valence-electron chi connectivity index (χ3n) is 3.80. The quantitative estimate of drug-likeness (QED) is 0.555. The van der Waals surface area contributed by atoms with Gasteiger partial charge in [0.1, 0.15) is 0 Å². The molecule has 0 bridgehead atoms. The van der Waals surface area contributed by atoms with Crippen LogP contribution in [0.25, 0.3) is 0 Å². The van der Waals surface area contributed by atoms with Gasteiger partial charge in [-0.1, -0.05) is 6.07 Å². The Kier molecular flexibility index (Phi) is 5.31. The fourth-order valence-electron chi connectivity index (χ4n) is 2.52. The Bertz CT molecular complexity index is 402. The van der Waals surface area contributed by atoms with E-state index >= 15 is 0 Å². The summed E-state index contributed by atoms with van der Waals surface area (Å²) in [5.74, 6) is 0.822. The van der Waals surface area contributed by atoms with Crippen LogP contribution in [0.2, 0.25) is 0 Å². The molecular formula is C14H22N2O4. The minimum atomic E-state index is -0.375. The zero-order valence-electron chi connectivity index (χ0n) is 11.6. The molecule has 0 radical (unpaired) electrons. The number of pyridine rings is 1. The molecule has 1 aromatic heterocycles. The molecule has 20 heavy (non-hydrogen) atoms. The molecule has 1 fully saturated rings. The second-order valence-corrected chi connectivity index (χ2v) is 5.23. The number of ether oxygens (including phenoxy) is 1. The van der Waals surface area contributed by atoms with Crippen LogP contribution in [0.3, 0.4) is 0 Å². The molecule has 4 N–H and O–H groups in total. The van der Waals surface area contributed by atoms with Crippen LogP contribution in [0.4, 0.5) is 0 Å². The minimum Gasteiger partial charge on any atom is -0.481 e. The molecule has 112 valence electrons. The van der Waals surface area contributed by atoms with Crippen molar-refractivity contribution in [2.45, 2.75) is 31.0 Å². The first-order chi connectivity index (χ1) is 9.67. The van der Waals surface area contributed by atoms with Gasteiger partial charge in [-0.05, 0) is 24.3 Å². The van der Waals surface area contributed by atoms with Crippen LogP contribution >= 0.6 is 0 Å². The van der Waals surface area contributed by atoms with E-state index in [-0.39, 0.29) is 37.3 Å². The zero-order valence-corrected chi connectivity index (χ0v) is 11.6. The smallest absolute Gasteiger partial charge is 0.212 e. The van der Waals surface area contributed by atoms with E-state index in [1.54, 1.807) is 19.4 Å². The van der Waals surface area contributed by atoms with Crippen molar-refractivity contribution >= 4 is 0 Å². The molecule has 0 saturated heterocycles. The molecule has 1 atom stereocenters. The van der Waals surface area contributed by atoms with Crippen molar-refractivity contribution in [3.63, 3.8) is 0 Å². The Hall–Kier alpha value is -1.21. The molecule has 6 heteroatoms. The van der Waals surface area contributed by atoms with Gasteiger partial charge in [-0.2, -0.15) is 0 Å². The number of aliphatic hydroxyl groups is 3. The van der Waals surface area contributed by atoms with Gasteiger partial charge in [0.25, 0.3) is 0 Å². The van der Waals surface area contributed by atoms with Crippen LogP contribution in [0, 0.1) is 5.92 Å². The van der Waals surface area contributed by atoms with Crippen molar-refractivity contribution in [2.75, 3.05) is 20.3 Å². The van der Waals surface area contributed by atoms with Crippen molar-refractivity contribution in [1.29, 1.82) is 0 Å². The largest absolute Gasteiger partial charge is 0.481 e. The van der Waals surface area contributed by atoms with Crippen molar-refractivity contribution in [3.8, 4) is 5.88 Å². The average Bonchev–Trinajstić information content (AvgIpc) is 2.46. The second kappa shape index (κ2) is 6.99. The van der Waals surface area contributed by atoms with Crippen molar-refractivity contribution in [3.05, 3.63) is 23.9 Å². The SMILES string of the molecule is COc1ccc([C@H](NC(CO)CO)C2CC(O)C2)cn1. The Balaban J connectivity index is 2.12. The number of methoxy groups -OCH3 is 1. The maximum Gasteiger partial charge on any atom is 0.212 e. The summed E-state index contributed by atoms with van der Waals surface area (Å²) in [6.07, 6.45) is 2.91. The molecule has 1 aromatic rings. The lowest BCUT2D eigenvalue weighted by molar-refractivity contribution is 0.0177. The van der Waals surface area contributed by atoms with E-state index in [0.29, 0.717) is 18.7 Å². The normalized spacial score (nSPS) is 23.4. The number of hydrogen-bond acceptors (Lipinski definition) is 6. The lowest BCUT2D eigenvalue weighted by Gasteiger charge is -2.39. The first-order valence-electron chi connectivity index (χ1n) is 6.83. The molecule has 1 saturated carbocycles. The molecule has 6 nitrogen and oxygen atoms in total. The van der Waals surface area contributed by atoms with Crippen LogP contribution in [0.5, 0.6) is 5.88 Å². The number of rotatable bonds is 7. The topological polar surface area (TPSA) is 94.8 Å². The highest BCUT2D eigenvalue weighted by atomic mass is 16.5. The van der Waals surface area contributed by atoms with E-state index in [2.05, 4.69) is 10.3 Å². The molecule has 1 aliphatic carbocycles. The highest BCUT2D eigenvalue weighted by Crippen LogP contribution is 2.38. The number of nitrogens with one attached hydrogen (secondary N) is 1. The molecule has 0 aromatic carbocycles. The van der Waals surface area contributed by atoms with Crippen LogP contribution in [0.1, 0.15) is 24.4 Å². The lowest BCUT2D eigenvalue weighted by Crippen LogP contribution is -2.45. The Labute approximate surface area is 118 Å². The third kappa shape index (κ3) is 3.46. The summed E-state index contributed by atoms with van der Waals surface area (Å²) >= 11 is 0. The summed E-state index contributed by atoms with van der Waals surface area (Å²) < 4.78 is 5.04. The molecular weight excluding hydrogens is 260 g/mol. The molecule has 0 aliphatic heterocycles. The van der Waals surface area contributed by atoms with Crippen molar-refractivity contribution in [1.82, 2.24) is 10.3 Å². The highest BCUT2D eigenvalue weighted by Gasteiger charge is 2.35. The number of hydrogen-bond donors (Lipinski definition) is 4. The Morgan fingerprint density at radius 1 is 1.35 bits per heavy atom. The number of nitrogens with zero attached hydrogens (tertiary/aromatic N) is 1. The predicted octanol–water partition coefficient (Wildman–Crippen LogP) is -0.155. The van der Waals surface area contributed by atoms with Gasteiger partial charge < -0.3 is 25.4 Å². The molecule has 1 heterocycles. The summed E-state index contributed by atoms with van der Waals surface area (Å²) in [4.78, 5) is 4.19. The maximum absolute atomic E-state index is 9.48. The standard InChI is InChI=1S/C14H22N2O4/c1-20-13-3-2-9(6-15-13)14(10-4-12(19)5-10)16-11(7-17)8-18/h2-3,6,10-12,14,16-19H,4-5,7-8H2,1H3/t10?,12?,14-/m0/s1. The first kappa shape index (κ1) is 15.2. The van der Waals surface area contributed by atoms with Gasteiger partial charge in [0.15, 0.2) is 0 Å². The van der Waals surface area contributed by atoms with E-state index < -0.39 is 0 Å². The highest BCUT2D eigenvalue weighted by molar-refractivity contribution is 5.22. The fourth-order valence-corrected chi connectivity index (χ4v) is 2.52. The molecule has 0 spiro atoms. The first-order valence-corrected chi connectivity index (χ1v) is 6.83. The van der Waals surface area contributed by atoms with Gasteiger partial charge in [0.05, 0.1) is 32.5 Å². The third-order valence-corrected chi connectivity index (χ3v) is 3.80. The maximum atomic E-state index is 9.48. The monoisotopic (exact) mass is 282 g/mol. The van der Waals surface area contributed by atoms with Gasteiger partial charge in [-0.15, -0.1) is 0 Å². The van der Waals surface area contributed by atoms with Crippen LogP contribution in [-0.2, 0) is 0 Å². The number of aromatic nitrogens is 1. The van der Waals surface area contributed by atoms with Gasteiger partial charge in [0.2, 0.25) is 5.88 Å². The van der Waals surface area contributed by atoms with Crippen LogP contribution in [0.15, 0.2) is 18.3 Å². The van der Waals surface area contributed by atoms with Gasteiger partial charge >= 0.3 is 0 Å². The fraction of sp³-hybridized carbons (Fsp3) is 0.643. The van der Waals surface area contributed by atoms with Crippen LogP contribution in [-0.4, -0.2) is 52.8 Å². The summed E-state index contributed by atoms with van der Waals surface area (Å²) in [6.45, 7) is -0.266. The molecule has 0 amide bonds. The van der Waals surface area contributed by atoms with E-state index in [0.717, 1.165) is 5.56 Å². The Morgan fingerprint density at radius 2 is 2.05 bits per heavy atom. The molecule has 0 unspecified atom stereocenters. The van der Waals surface area contributed by atoms with Crippen molar-refractivity contribution in [2.24, 2.45) is 5.92 Å². The summed E-state index contributed by atoms with van der Waals surface area (Å²) in [7, 11) is 1.56. The van der Waals surface area contributed by atoms with E-state index in [1.807, 2.05) is 6.07 Å². The zero-order chi connectivity index (χ0) is 14.5. The second-order valence-electron chi connectivity index (χ2n) is 5.23. The summed E-state index contributed by atoms with van der Waals surface area (Å²) in [5.41, 5.74) is 0.967. The Morgan fingerprint density at radius 3 is 2.50 bits per heavy atom. The van der Waals surface area contributed by atoms with Gasteiger partial charge in [0, 0.05) is 18.3 Å². The van der Waals surface area contributed by atoms with Gasteiger partial charge in [-0.25, -0.2) is 4.98 Å². The van der Waals surface area contributed by atoms with E-state index in [4.69, 9.17) is 4.74 Å². The summed E-state index contributed by atoms with van der Waals surface area (Å²) in [6, 6.07) is 3.28. The lowest BCUT2D eigenvalue weighted by atomic mass is 9.75. The average molecular weight is 282 g/mol.